The molecule has 0 radical (unpaired) electrons. The molecule has 162 valence electrons. The second-order valence-corrected chi connectivity index (χ2v) is 11.1. The number of carbonyl (C=O) groups is 2. The van der Waals surface area contributed by atoms with E-state index < -0.39 is 12.0 Å². The summed E-state index contributed by atoms with van der Waals surface area (Å²) in [6.45, 7) is 13.3. The average Bonchev–Trinajstić information content (AvgIpc) is 2.48. The Morgan fingerprint density at radius 3 is 1.82 bits per heavy atom. The molecule has 0 bridgehead atoms. The minimum Gasteiger partial charge on any atom is -0.462 e. The van der Waals surface area contributed by atoms with Crippen LogP contribution < -0.4 is 5.73 Å². The maximum absolute atomic E-state index is 12.4. The van der Waals surface area contributed by atoms with Crippen molar-refractivity contribution in [3.63, 3.8) is 0 Å². The van der Waals surface area contributed by atoms with Crippen LogP contribution in [0.4, 0.5) is 0 Å². The van der Waals surface area contributed by atoms with Gasteiger partial charge in [0.2, 0.25) is 0 Å². The zero-order valence-corrected chi connectivity index (χ0v) is 18.8. The van der Waals surface area contributed by atoms with Crippen LogP contribution in [-0.4, -0.2) is 30.2 Å². The number of rotatable bonds is 6. The monoisotopic (exact) mass is 395 g/mol. The number of carbonyl (C=O) groups excluding carboxylic acids is 2. The van der Waals surface area contributed by atoms with Gasteiger partial charge in [0.1, 0.15) is 18.2 Å². The quantitative estimate of drug-likeness (QED) is 0.664. The number of nitrogens with two attached hydrogens (primary N) is 1. The van der Waals surface area contributed by atoms with Crippen molar-refractivity contribution < 1.29 is 19.1 Å². The molecule has 5 nitrogen and oxygen atoms in total. The Morgan fingerprint density at radius 1 is 0.893 bits per heavy atom. The summed E-state index contributed by atoms with van der Waals surface area (Å²) in [6.07, 6.45) is 6.21. The smallest absolute Gasteiger partial charge is 0.323 e. The zero-order valence-electron chi connectivity index (χ0n) is 18.8. The van der Waals surface area contributed by atoms with Gasteiger partial charge < -0.3 is 15.2 Å². The van der Waals surface area contributed by atoms with Crippen molar-refractivity contribution in [2.45, 2.75) is 111 Å². The predicted molar refractivity (Wildman–Crippen MR) is 111 cm³/mol. The van der Waals surface area contributed by atoms with E-state index in [0.717, 1.165) is 38.5 Å². The third-order valence-corrected chi connectivity index (χ3v) is 6.24. The SMILES string of the molecule is CC1CC(OC(=O)CC[C@H](N)C(=O)OC2CC(C)CC(C)(C)C2)CC(C)(C)C1. The van der Waals surface area contributed by atoms with Gasteiger partial charge in [-0.15, -0.1) is 0 Å². The first-order valence-corrected chi connectivity index (χ1v) is 11.0. The number of hydrogen-bond donors (Lipinski definition) is 1. The Bertz CT molecular complexity index is 557. The van der Waals surface area contributed by atoms with Crippen LogP contribution in [-0.2, 0) is 19.1 Å². The Morgan fingerprint density at radius 2 is 1.36 bits per heavy atom. The standard InChI is InChI=1S/C23H41NO4/c1-15-9-17(13-22(3,4)11-15)27-20(25)8-7-19(24)21(26)28-18-10-16(2)12-23(5,6)14-18/h15-19H,7-14,24H2,1-6H3/t15?,16?,17?,18?,19-/m0/s1. The average molecular weight is 396 g/mol. The lowest BCUT2D eigenvalue weighted by Gasteiger charge is -2.38. The Labute approximate surface area is 171 Å². The summed E-state index contributed by atoms with van der Waals surface area (Å²) in [7, 11) is 0. The molecule has 28 heavy (non-hydrogen) atoms. The van der Waals surface area contributed by atoms with E-state index in [9.17, 15) is 9.59 Å². The summed E-state index contributed by atoms with van der Waals surface area (Å²) in [5, 5.41) is 0. The van der Waals surface area contributed by atoms with E-state index in [-0.39, 0.29) is 41.8 Å². The molecule has 2 N–H and O–H groups in total. The predicted octanol–water partition coefficient (Wildman–Crippen LogP) is 4.61. The largest absolute Gasteiger partial charge is 0.462 e. The molecule has 4 unspecified atom stereocenters. The first-order chi connectivity index (χ1) is 12.8. The van der Waals surface area contributed by atoms with E-state index in [4.69, 9.17) is 15.2 Å². The molecule has 5 heteroatoms. The van der Waals surface area contributed by atoms with Gasteiger partial charge in [-0.3, -0.25) is 9.59 Å². The summed E-state index contributed by atoms with van der Waals surface area (Å²) in [4.78, 5) is 24.6. The summed E-state index contributed by atoms with van der Waals surface area (Å²) in [5.41, 5.74) is 6.39. The third kappa shape index (κ3) is 7.38. The number of ether oxygens (including phenoxy) is 2. The van der Waals surface area contributed by atoms with Gasteiger partial charge in [0.05, 0.1) is 0 Å². The molecule has 0 amide bonds. The second kappa shape index (κ2) is 9.15. The van der Waals surface area contributed by atoms with Gasteiger partial charge in [0, 0.05) is 6.42 Å². The van der Waals surface area contributed by atoms with Gasteiger partial charge in [0.15, 0.2) is 0 Å². The molecule has 2 rings (SSSR count). The molecule has 5 atom stereocenters. The van der Waals surface area contributed by atoms with Crippen LogP contribution in [0.15, 0.2) is 0 Å². The van der Waals surface area contributed by atoms with Crippen molar-refractivity contribution >= 4 is 11.9 Å². The van der Waals surface area contributed by atoms with Gasteiger partial charge in [-0.2, -0.15) is 0 Å². The van der Waals surface area contributed by atoms with Crippen molar-refractivity contribution in [2.75, 3.05) is 0 Å². The Kier molecular flexibility index (Phi) is 7.57. The summed E-state index contributed by atoms with van der Waals surface area (Å²) in [6, 6.07) is -0.769. The van der Waals surface area contributed by atoms with Crippen molar-refractivity contribution in [3.8, 4) is 0 Å². The van der Waals surface area contributed by atoms with E-state index in [1.165, 1.54) is 0 Å². The first-order valence-electron chi connectivity index (χ1n) is 11.0. The summed E-state index contributed by atoms with van der Waals surface area (Å²) >= 11 is 0. The highest BCUT2D eigenvalue weighted by atomic mass is 16.5. The minimum absolute atomic E-state index is 0.0274. The van der Waals surface area contributed by atoms with Crippen LogP contribution >= 0.6 is 0 Å². The zero-order chi connectivity index (χ0) is 21.1. The normalized spacial score (nSPS) is 33.0. The fourth-order valence-electron chi connectivity index (χ4n) is 5.58. The summed E-state index contributed by atoms with van der Waals surface area (Å²) < 4.78 is 11.3. The van der Waals surface area contributed by atoms with E-state index in [1.54, 1.807) is 0 Å². The highest BCUT2D eigenvalue weighted by Crippen LogP contribution is 2.40. The van der Waals surface area contributed by atoms with Crippen molar-refractivity contribution in [1.82, 2.24) is 0 Å². The van der Waals surface area contributed by atoms with Crippen LogP contribution in [0.1, 0.15) is 92.9 Å². The van der Waals surface area contributed by atoms with Crippen LogP contribution in [0.5, 0.6) is 0 Å². The maximum Gasteiger partial charge on any atom is 0.323 e. The minimum atomic E-state index is -0.769. The molecule has 2 fully saturated rings. The van der Waals surface area contributed by atoms with Gasteiger partial charge in [-0.1, -0.05) is 41.5 Å². The molecule has 0 spiro atoms. The lowest BCUT2D eigenvalue weighted by molar-refractivity contribution is -0.156. The molecule has 0 heterocycles. The Hall–Kier alpha value is -1.10. The van der Waals surface area contributed by atoms with Crippen LogP contribution in [0.25, 0.3) is 0 Å². The number of esters is 2. The lowest BCUT2D eigenvalue weighted by Crippen LogP contribution is -2.39. The fraction of sp³-hybridized carbons (Fsp3) is 0.913. The molecule has 0 aromatic rings. The molecule has 0 aromatic heterocycles. The second-order valence-electron chi connectivity index (χ2n) is 11.1. The molecule has 2 aliphatic carbocycles. The summed E-state index contributed by atoms with van der Waals surface area (Å²) in [5.74, 6) is 0.441. The third-order valence-electron chi connectivity index (χ3n) is 6.24. The maximum atomic E-state index is 12.4. The van der Waals surface area contributed by atoms with Gasteiger partial charge >= 0.3 is 11.9 Å². The molecule has 0 aromatic carbocycles. The highest BCUT2D eigenvalue weighted by molar-refractivity contribution is 5.77. The van der Waals surface area contributed by atoms with Gasteiger partial charge in [-0.25, -0.2) is 0 Å². The van der Waals surface area contributed by atoms with E-state index >= 15 is 0 Å². The first kappa shape index (κ1) is 23.2. The van der Waals surface area contributed by atoms with Crippen LogP contribution in [0.2, 0.25) is 0 Å². The van der Waals surface area contributed by atoms with E-state index in [1.807, 2.05) is 0 Å². The molecule has 0 saturated heterocycles. The van der Waals surface area contributed by atoms with Crippen LogP contribution in [0, 0.1) is 22.7 Å². The lowest BCUT2D eigenvalue weighted by atomic mass is 9.71. The molecule has 2 aliphatic rings. The topological polar surface area (TPSA) is 78.6 Å². The van der Waals surface area contributed by atoms with Crippen molar-refractivity contribution in [3.05, 3.63) is 0 Å². The van der Waals surface area contributed by atoms with Crippen LogP contribution in [0.3, 0.4) is 0 Å². The van der Waals surface area contributed by atoms with Gasteiger partial charge in [0.25, 0.3) is 0 Å². The highest BCUT2D eigenvalue weighted by Gasteiger charge is 2.36. The number of hydrogen-bond acceptors (Lipinski definition) is 5. The molecule has 0 aliphatic heterocycles. The Balaban J connectivity index is 1.74. The van der Waals surface area contributed by atoms with E-state index in [2.05, 4.69) is 41.5 Å². The molecule has 2 saturated carbocycles. The van der Waals surface area contributed by atoms with E-state index in [0.29, 0.717) is 11.8 Å². The molecular formula is C23H41NO4. The van der Waals surface area contributed by atoms with Crippen molar-refractivity contribution in [2.24, 2.45) is 28.4 Å². The molecular weight excluding hydrogens is 354 g/mol. The van der Waals surface area contributed by atoms with Crippen molar-refractivity contribution in [1.29, 1.82) is 0 Å². The fourth-order valence-corrected chi connectivity index (χ4v) is 5.58. The van der Waals surface area contributed by atoms with Gasteiger partial charge in [-0.05, 0) is 67.6 Å².